The molecule has 2 heterocycles. The SMILES string of the molecule is CCn1ncc(CN(Cc2ccccc2OC)C[C@@H]2CCCO2)c1C. The van der Waals surface area contributed by atoms with Gasteiger partial charge in [0, 0.05) is 49.6 Å². The Morgan fingerprint density at radius 3 is 2.76 bits per heavy atom. The summed E-state index contributed by atoms with van der Waals surface area (Å²) >= 11 is 0. The number of hydrogen-bond acceptors (Lipinski definition) is 4. The third kappa shape index (κ3) is 4.41. The number of methoxy groups -OCH3 is 1. The van der Waals surface area contributed by atoms with Crippen molar-refractivity contribution in [2.45, 2.75) is 52.4 Å². The maximum atomic E-state index is 5.88. The van der Waals surface area contributed by atoms with Crippen molar-refractivity contribution in [2.24, 2.45) is 0 Å². The third-order valence-corrected chi connectivity index (χ3v) is 4.97. The maximum absolute atomic E-state index is 5.88. The minimum Gasteiger partial charge on any atom is -0.496 e. The normalized spacial score (nSPS) is 17.4. The minimum atomic E-state index is 0.330. The number of rotatable bonds is 8. The van der Waals surface area contributed by atoms with Crippen LogP contribution in [0.5, 0.6) is 5.75 Å². The summed E-state index contributed by atoms with van der Waals surface area (Å²) < 4.78 is 13.5. The highest BCUT2D eigenvalue weighted by Gasteiger charge is 2.21. The van der Waals surface area contributed by atoms with Gasteiger partial charge in [0.25, 0.3) is 0 Å². The zero-order chi connectivity index (χ0) is 17.6. The van der Waals surface area contributed by atoms with Gasteiger partial charge in [-0.1, -0.05) is 18.2 Å². The van der Waals surface area contributed by atoms with Gasteiger partial charge in [0.2, 0.25) is 0 Å². The van der Waals surface area contributed by atoms with Crippen LogP contribution < -0.4 is 4.74 Å². The fraction of sp³-hybridized carbons (Fsp3) is 0.550. The summed E-state index contributed by atoms with van der Waals surface area (Å²) in [6.07, 6.45) is 4.65. The monoisotopic (exact) mass is 343 g/mol. The lowest BCUT2D eigenvalue weighted by Gasteiger charge is -2.26. The first-order chi connectivity index (χ1) is 12.2. The van der Waals surface area contributed by atoms with Gasteiger partial charge >= 0.3 is 0 Å². The summed E-state index contributed by atoms with van der Waals surface area (Å²) in [4.78, 5) is 2.46. The molecule has 2 aromatic rings. The Morgan fingerprint density at radius 1 is 1.28 bits per heavy atom. The van der Waals surface area contributed by atoms with E-state index < -0.39 is 0 Å². The molecule has 1 aromatic heterocycles. The predicted molar refractivity (Wildman–Crippen MR) is 98.7 cm³/mol. The lowest BCUT2D eigenvalue weighted by Crippen LogP contribution is -2.31. The molecular formula is C20H29N3O2. The Labute approximate surface area is 150 Å². The maximum Gasteiger partial charge on any atom is 0.123 e. The van der Waals surface area contributed by atoms with E-state index in [-0.39, 0.29) is 0 Å². The minimum absolute atomic E-state index is 0.330. The van der Waals surface area contributed by atoms with Crippen molar-refractivity contribution < 1.29 is 9.47 Å². The molecule has 0 spiro atoms. The molecule has 0 unspecified atom stereocenters. The van der Waals surface area contributed by atoms with Crippen molar-refractivity contribution in [3.05, 3.63) is 47.3 Å². The molecule has 1 atom stereocenters. The Balaban J connectivity index is 1.77. The van der Waals surface area contributed by atoms with Crippen molar-refractivity contribution in [3.8, 4) is 5.75 Å². The fourth-order valence-corrected chi connectivity index (χ4v) is 3.54. The standard InChI is InChI=1S/C20H29N3O2/c1-4-23-16(2)18(12-21-23)14-22(15-19-9-7-11-25-19)13-17-8-5-6-10-20(17)24-3/h5-6,8,10,12,19H,4,7,9,11,13-15H2,1-3H3/t19-/m0/s1. The second-order valence-corrected chi connectivity index (χ2v) is 6.69. The fourth-order valence-electron chi connectivity index (χ4n) is 3.54. The largest absolute Gasteiger partial charge is 0.496 e. The van der Waals surface area contributed by atoms with Gasteiger partial charge in [-0.2, -0.15) is 5.10 Å². The zero-order valence-electron chi connectivity index (χ0n) is 15.6. The summed E-state index contributed by atoms with van der Waals surface area (Å²) in [5.41, 5.74) is 3.75. The second-order valence-electron chi connectivity index (χ2n) is 6.69. The molecule has 0 bridgehead atoms. The molecule has 136 valence electrons. The number of hydrogen-bond donors (Lipinski definition) is 0. The van der Waals surface area contributed by atoms with Crippen LogP contribution >= 0.6 is 0 Å². The lowest BCUT2D eigenvalue weighted by molar-refractivity contribution is 0.0675. The molecule has 1 fully saturated rings. The topological polar surface area (TPSA) is 39.5 Å². The highest BCUT2D eigenvalue weighted by Crippen LogP contribution is 2.23. The molecule has 1 aliphatic heterocycles. The second kappa shape index (κ2) is 8.50. The Bertz CT molecular complexity index is 677. The van der Waals surface area contributed by atoms with Gasteiger partial charge in [-0.3, -0.25) is 9.58 Å². The summed E-state index contributed by atoms with van der Waals surface area (Å²) in [5, 5.41) is 4.49. The average Bonchev–Trinajstić information content (AvgIpc) is 3.26. The summed E-state index contributed by atoms with van der Waals surface area (Å²) in [7, 11) is 1.73. The van der Waals surface area contributed by atoms with E-state index in [4.69, 9.17) is 9.47 Å². The van der Waals surface area contributed by atoms with Gasteiger partial charge in [0.05, 0.1) is 19.4 Å². The summed E-state index contributed by atoms with van der Waals surface area (Å²) in [5.74, 6) is 0.945. The molecule has 0 radical (unpaired) electrons. The van der Waals surface area contributed by atoms with Gasteiger partial charge in [-0.15, -0.1) is 0 Å². The van der Waals surface area contributed by atoms with E-state index in [0.29, 0.717) is 6.10 Å². The van der Waals surface area contributed by atoms with Crippen LogP contribution in [0.15, 0.2) is 30.5 Å². The van der Waals surface area contributed by atoms with Gasteiger partial charge in [0.1, 0.15) is 5.75 Å². The molecule has 1 saturated heterocycles. The molecule has 0 amide bonds. The first-order valence-electron chi connectivity index (χ1n) is 9.18. The zero-order valence-corrected chi connectivity index (χ0v) is 15.6. The van der Waals surface area contributed by atoms with E-state index in [1.54, 1.807) is 7.11 Å². The first kappa shape index (κ1) is 18.0. The molecule has 5 heteroatoms. The molecule has 25 heavy (non-hydrogen) atoms. The Kier molecular flexibility index (Phi) is 6.10. The van der Waals surface area contributed by atoms with Crippen LogP contribution in [0.25, 0.3) is 0 Å². The number of aryl methyl sites for hydroxylation is 1. The van der Waals surface area contributed by atoms with Crippen molar-refractivity contribution in [1.82, 2.24) is 14.7 Å². The molecule has 3 rings (SSSR count). The number of para-hydroxylation sites is 1. The van der Waals surface area contributed by atoms with E-state index in [2.05, 4.69) is 40.7 Å². The number of aromatic nitrogens is 2. The highest BCUT2D eigenvalue weighted by molar-refractivity contribution is 5.33. The number of ether oxygens (including phenoxy) is 2. The van der Waals surface area contributed by atoms with Crippen LogP contribution in [0.3, 0.4) is 0 Å². The van der Waals surface area contributed by atoms with Crippen LogP contribution in [0.1, 0.15) is 36.6 Å². The van der Waals surface area contributed by atoms with E-state index in [0.717, 1.165) is 45.0 Å². The van der Waals surface area contributed by atoms with Gasteiger partial charge in [0.15, 0.2) is 0 Å². The number of benzene rings is 1. The van der Waals surface area contributed by atoms with Crippen LogP contribution in [-0.4, -0.2) is 41.0 Å². The third-order valence-electron chi connectivity index (χ3n) is 4.97. The quantitative estimate of drug-likeness (QED) is 0.736. The Morgan fingerprint density at radius 2 is 2.08 bits per heavy atom. The molecule has 1 aromatic carbocycles. The molecular weight excluding hydrogens is 314 g/mol. The van der Waals surface area contributed by atoms with E-state index in [1.165, 1.54) is 23.2 Å². The van der Waals surface area contributed by atoms with Crippen LogP contribution in [0.4, 0.5) is 0 Å². The highest BCUT2D eigenvalue weighted by atomic mass is 16.5. The van der Waals surface area contributed by atoms with E-state index in [9.17, 15) is 0 Å². The van der Waals surface area contributed by atoms with Gasteiger partial charge in [-0.05, 0) is 32.8 Å². The van der Waals surface area contributed by atoms with Crippen molar-refractivity contribution in [1.29, 1.82) is 0 Å². The van der Waals surface area contributed by atoms with E-state index >= 15 is 0 Å². The smallest absolute Gasteiger partial charge is 0.123 e. The van der Waals surface area contributed by atoms with Crippen molar-refractivity contribution in [2.75, 3.05) is 20.3 Å². The van der Waals surface area contributed by atoms with Crippen molar-refractivity contribution >= 4 is 0 Å². The lowest BCUT2D eigenvalue weighted by atomic mass is 10.1. The molecule has 5 nitrogen and oxygen atoms in total. The van der Waals surface area contributed by atoms with Crippen LogP contribution in [0.2, 0.25) is 0 Å². The van der Waals surface area contributed by atoms with Gasteiger partial charge in [-0.25, -0.2) is 0 Å². The molecule has 0 saturated carbocycles. The summed E-state index contributed by atoms with van der Waals surface area (Å²) in [6, 6.07) is 8.26. The van der Waals surface area contributed by atoms with Crippen LogP contribution in [0, 0.1) is 6.92 Å². The summed E-state index contributed by atoms with van der Waals surface area (Å²) in [6.45, 7) is 8.74. The van der Waals surface area contributed by atoms with Crippen molar-refractivity contribution in [3.63, 3.8) is 0 Å². The molecule has 0 N–H and O–H groups in total. The van der Waals surface area contributed by atoms with Crippen LogP contribution in [-0.2, 0) is 24.4 Å². The molecule has 0 aliphatic carbocycles. The predicted octanol–water partition coefficient (Wildman–Crippen LogP) is 3.40. The van der Waals surface area contributed by atoms with Gasteiger partial charge < -0.3 is 9.47 Å². The Hall–Kier alpha value is -1.85. The average molecular weight is 343 g/mol. The van der Waals surface area contributed by atoms with E-state index in [1.807, 2.05) is 18.3 Å². The molecule has 1 aliphatic rings. The number of nitrogens with zero attached hydrogens (tertiary/aromatic N) is 3. The first-order valence-corrected chi connectivity index (χ1v) is 9.18.